The molecule has 0 aliphatic carbocycles. The summed E-state index contributed by atoms with van der Waals surface area (Å²) in [7, 11) is 0. The maximum Gasteiger partial charge on any atom is 0.418 e. The lowest BCUT2D eigenvalue weighted by Gasteiger charge is -2.19. The summed E-state index contributed by atoms with van der Waals surface area (Å²) < 4.78 is 39.6. The van der Waals surface area contributed by atoms with Crippen LogP contribution in [0.25, 0.3) is 6.08 Å². The molecule has 1 amide bonds. The van der Waals surface area contributed by atoms with Gasteiger partial charge in [0, 0.05) is 0 Å². The van der Waals surface area contributed by atoms with E-state index < -0.39 is 17.6 Å². The van der Waals surface area contributed by atoms with E-state index in [-0.39, 0.29) is 21.5 Å². The van der Waals surface area contributed by atoms with Gasteiger partial charge in [-0.2, -0.15) is 13.2 Å². The Labute approximate surface area is 145 Å². The number of hydrogen-bond acceptors (Lipinski definition) is 4. The fourth-order valence-electron chi connectivity index (χ4n) is 2.38. The Bertz CT molecular complexity index is 893. The van der Waals surface area contributed by atoms with Gasteiger partial charge < -0.3 is 5.11 Å². The van der Waals surface area contributed by atoms with Crippen LogP contribution >= 0.6 is 11.8 Å². The van der Waals surface area contributed by atoms with Crippen molar-refractivity contribution >= 4 is 34.6 Å². The van der Waals surface area contributed by atoms with E-state index in [0.717, 1.165) is 28.8 Å². The highest BCUT2D eigenvalue weighted by Crippen LogP contribution is 2.41. The van der Waals surface area contributed by atoms with Crippen LogP contribution in [0.5, 0.6) is 5.75 Å². The highest BCUT2D eigenvalue weighted by Gasteiger charge is 2.40. The summed E-state index contributed by atoms with van der Waals surface area (Å²) >= 11 is 0.768. The van der Waals surface area contributed by atoms with E-state index in [9.17, 15) is 23.1 Å². The molecule has 128 valence electrons. The molecule has 0 aromatic heterocycles. The summed E-state index contributed by atoms with van der Waals surface area (Å²) in [4.78, 5) is 13.4. The van der Waals surface area contributed by atoms with Crippen LogP contribution in [0.1, 0.15) is 11.1 Å². The van der Waals surface area contributed by atoms with Crippen molar-refractivity contribution in [1.29, 1.82) is 5.41 Å². The molecule has 0 radical (unpaired) electrons. The van der Waals surface area contributed by atoms with Gasteiger partial charge in [0.15, 0.2) is 5.17 Å². The van der Waals surface area contributed by atoms with Crippen LogP contribution in [0.2, 0.25) is 0 Å². The van der Waals surface area contributed by atoms with E-state index in [2.05, 4.69) is 0 Å². The quantitative estimate of drug-likeness (QED) is 0.773. The first kappa shape index (κ1) is 17.1. The second-order valence-electron chi connectivity index (χ2n) is 5.17. The number of anilines is 1. The third-order valence-corrected chi connectivity index (χ3v) is 4.33. The normalized spacial score (nSPS) is 16.8. The van der Waals surface area contributed by atoms with Crippen LogP contribution < -0.4 is 4.90 Å². The number of amidine groups is 1. The van der Waals surface area contributed by atoms with Gasteiger partial charge in [-0.3, -0.25) is 15.1 Å². The average Bonchev–Trinajstić information content (AvgIpc) is 2.80. The number of halogens is 3. The molecule has 0 atom stereocenters. The second-order valence-corrected chi connectivity index (χ2v) is 6.20. The summed E-state index contributed by atoms with van der Waals surface area (Å²) in [5.41, 5.74) is -0.848. The van der Waals surface area contributed by atoms with Crippen molar-refractivity contribution in [2.75, 3.05) is 4.90 Å². The zero-order valence-corrected chi connectivity index (χ0v) is 13.4. The minimum atomic E-state index is -4.64. The highest BCUT2D eigenvalue weighted by molar-refractivity contribution is 8.19. The molecule has 0 bridgehead atoms. The molecular formula is C17H11F3N2O2S. The van der Waals surface area contributed by atoms with Crippen LogP contribution in [0, 0.1) is 5.41 Å². The number of benzene rings is 2. The Hall–Kier alpha value is -2.74. The van der Waals surface area contributed by atoms with Crippen LogP contribution in [-0.4, -0.2) is 16.2 Å². The van der Waals surface area contributed by atoms with Gasteiger partial charge in [0.2, 0.25) is 0 Å². The number of amides is 1. The van der Waals surface area contributed by atoms with Gasteiger partial charge in [0.05, 0.1) is 16.2 Å². The molecule has 2 aromatic carbocycles. The second kappa shape index (κ2) is 6.29. The lowest BCUT2D eigenvalue weighted by molar-refractivity contribution is -0.137. The SMILES string of the molecule is N=C1S/C(=C\c2cccc(O)c2)C(=O)N1c1ccccc1C(F)(F)F. The fourth-order valence-corrected chi connectivity index (χ4v) is 3.23. The van der Waals surface area contributed by atoms with Crippen LogP contribution in [0.4, 0.5) is 18.9 Å². The number of alkyl halides is 3. The minimum absolute atomic E-state index is 0.000791. The maximum atomic E-state index is 13.2. The Balaban J connectivity index is 2.01. The molecule has 8 heteroatoms. The molecule has 4 nitrogen and oxygen atoms in total. The number of aromatic hydroxyl groups is 1. The molecule has 1 fully saturated rings. The van der Waals surface area contributed by atoms with Gasteiger partial charge in [-0.15, -0.1) is 0 Å². The van der Waals surface area contributed by atoms with Crippen molar-refractivity contribution in [1.82, 2.24) is 0 Å². The Morgan fingerprint density at radius 2 is 1.84 bits per heavy atom. The van der Waals surface area contributed by atoms with E-state index in [1.807, 2.05) is 0 Å². The molecule has 2 aromatic rings. The van der Waals surface area contributed by atoms with E-state index >= 15 is 0 Å². The third kappa shape index (κ3) is 3.39. The number of phenols is 1. The molecule has 25 heavy (non-hydrogen) atoms. The highest BCUT2D eigenvalue weighted by atomic mass is 32.2. The summed E-state index contributed by atoms with van der Waals surface area (Å²) in [6.07, 6.45) is -3.21. The number of phenolic OH excluding ortho intramolecular Hbond substituents is 1. The number of para-hydroxylation sites is 1. The van der Waals surface area contributed by atoms with Crippen molar-refractivity contribution < 1.29 is 23.1 Å². The van der Waals surface area contributed by atoms with Crippen molar-refractivity contribution in [3.63, 3.8) is 0 Å². The summed E-state index contributed by atoms with van der Waals surface area (Å²) in [6, 6.07) is 10.7. The fraction of sp³-hybridized carbons (Fsp3) is 0.0588. The Morgan fingerprint density at radius 1 is 1.12 bits per heavy atom. The summed E-state index contributed by atoms with van der Waals surface area (Å²) in [5, 5.41) is 17.1. The number of carbonyl (C=O) groups excluding carboxylic acids is 1. The molecule has 1 aliphatic heterocycles. The van der Waals surface area contributed by atoms with Crippen molar-refractivity contribution in [2.24, 2.45) is 0 Å². The predicted molar refractivity (Wildman–Crippen MR) is 90.3 cm³/mol. The topological polar surface area (TPSA) is 64.4 Å². The standard InChI is InChI=1S/C17H11F3N2O2S/c18-17(19,20)12-6-1-2-7-13(12)22-15(24)14(25-16(22)21)9-10-4-3-5-11(23)8-10/h1-9,21,23H/b14-9-,21-16?. The van der Waals surface area contributed by atoms with E-state index in [1.54, 1.807) is 12.1 Å². The van der Waals surface area contributed by atoms with Crippen molar-refractivity contribution in [2.45, 2.75) is 6.18 Å². The van der Waals surface area contributed by atoms with Crippen molar-refractivity contribution in [3.05, 3.63) is 64.6 Å². The zero-order valence-electron chi connectivity index (χ0n) is 12.5. The largest absolute Gasteiger partial charge is 0.508 e. The average molecular weight is 364 g/mol. The van der Waals surface area contributed by atoms with E-state index in [1.165, 1.54) is 30.3 Å². The summed E-state index contributed by atoms with van der Waals surface area (Å²) in [5.74, 6) is -0.714. The first-order valence-electron chi connectivity index (χ1n) is 7.05. The molecule has 0 spiro atoms. The number of thioether (sulfide) groups is 1. The van der Waals surface area contributed by atoms with Gasteiger partial charge in [-0.25, -0.2) is 0 Å². The van der Waals surface area contributed by atoms with Crippen LogP contribution in [0.15, 0.2) is 53.4 Å². The monoisotopic (exact) mass is 364 g/mol. The van der Waals surface area contributed by atoms with Gasteiger partial charge >= 0.3 is 6.18 Å². The lowest BCUT2D eigenvalue weighted by Crippen LogP contribution is -2.30. The number of rotatable bonds is 2. The lowest BCUT2D eigenvalue weighted by atomic mass is 10.1. The smallest absolute Gasteiger partial charge is 0.418 e. The maximum absolute atomic E-state index is 13.2. The number of carbonyl (C=O) groups is 1. The molecule has 0 unspecified atom stereocenters. The molecule has 1 heterocycles. The van der Waals surface area contributed by atoms with Gasteiger partial charge in [0.25, 0.3) is 5.91 Å². The number of nitrogens with one attached hydrogen (secondary N) is 1. The Morgan fingerprint density at radius 3 is 2.52 bits per heavy atom. The Kier molecular flexibility index (Phi) is 4.30. The molecule has 1 saturated heterocycles. The van der Waals surface area contributed by atoms with Crippen LogP contribution in [0.3, 0.4) is 0 Å². The molecular weight excluding hydrogens is 353 g/mol. The molecule has 0 saturated carbocycles. The zero-order chi connectivity index (χ0) is 18.2. The van der Waals surface area contributed by atoms with Crippen LogP contribution in [-0.2, 0) is 11.0 Å². The number of hydrogen-bond donors (Lipinski definition) is 2. The van der Waals surface area contributed by atoms with Gasteiger partial charge in [0.1, 0.15) is 5.75 Å². The first-order valence-corrected chi connectivity index (χ1v) is 7.87. The van der Waals surface area contributed by atoms with Crippen molar-refractivity contribution in [3.8, 4) is 5.75 Å². The van der Waals surface area contributed by atoms with Gasteiger partial charge in [-0.1, -0.05) is 24.3 Å². The molecule has 2 N–H and O–H groups in total. The minimum Gasteiger partial charge on any atom is -0.508 e. The number of nitrogens with zero attached hydrogens (tertiary/aromatic N) is 1. The van der Waals surface area contributed by atoms with Gasteiger partial charge in [-0.05, 0) is 47.7 Å². The first-order chi connectivity index (χ1) is 11.8. The molecule has 3 rings (SSSR count). The summed E-state index contributed by atoms with van der Waals surface area (Å²) in [6.45, 7) is 0. The van der Waals surface area contributed by atoms with E-state index in [0.29, 0.717) is 5.56 Å². The van der Waals surface area contributed by atoms with E-state index in [4.69, 9.17) is 5.41 Å². The third-order valence-electron chi connectivity index (χ3n) is 3.44. The predicted octanol–water partition coefficient (Wildman–Crippen LogP) is 4.47. The molecule has 1 aliphatic rings.